The predicted molar refractivity (Wildman–Crippen MR) is 50.3 cm³/mol. The molecule has 1 heterocycles. The lowest BCUT2D eigenvalue weighted by Crippen LogP contribution is -2.62. The molecule has 1 amide bonds. The molecule has 76 valence electrons. The quantitative estimate of drug-likeness (QED) is 0.615. The van der Waals surface area contributed by atoms with Crippen LogP contribution in [0.5, 0.6) is 0 Å². The number of carbonyl (C=O) groups is 1. The van der Waals surface area contributed by atoms with Crippen LogP contribution in [0.1, 0.15) is 20.8 Å². The van der Waals surface area contributed by atoms with Crippen LogP contribution < -0.4 is 5.32 Å². The van der Waals surface area contributed by atoms with Gasteiger partial charge in [-0.2, -0.15) is 0 Å². The Balaban J connectivity index is 2.71. The van der Waals surface area contributed by atoms with Gasteiger partial charge in [-0.25, -0.2) is 0 Å². The zero-order valence-electron chi connectivity index (χ0n) is 8.45. The first-order valence-electron chi connectivity index (χ1n) is 4.73. The monoisotopic (exact) mass is 186 g/mol. The Morgan fingerprint density at radius 1 is 1.69 bits per heavy atom. The van der Waals surface area contributed by atoms with Crippen molar-refractivity contribution in [2.75, 3.05) is 13.2 Å². The normalized spacial score (nSPS) is 30.7. The summed E-state index contributed by atoms with van der Waals surface area (Å²) in [6, 6.07) is 0.111. The molecular formula is C9H18N2O2. The van der Waals surface area contributed by atoms with E-state index < -0.39 is 0 Å². The Bertz CT molecular complexity index is 194. The lowest BCUT2D eigenvalue weighted by Gasteiger charge is -2.39. The van der Waals surface area contributed by atoms with Crippen LogP contribution in [0, 0.1) is 0 Å². The molecule has 4 nitrogen and oxygen atoms in total. The highest BCUT2D eigenvalue weighted by Gasteiger charge is 2.33. The van der Waals surface area contributed by atoms with Crippen LogP contribution >= 0.6 is 0 Å². The standard InChI is InChI=1S/C9H18N2O2/c1-6(2)11-4-7(3)10-9(13)8(11)5-12/h6-8,12H,4-5H2,1-3H3,(H,10,13). The number of nitrogens with one attached hydrogen (secondary N) is 1. The van der Waals surface area contributed by atoms with Crippen molar-refractivity contribution in [1.29, 1.82) is 0 Å². The lowest BCUT2D eigenvalue weighted by atomic mass is 10.1. The molecule has 1 aliphatic heterocycles. The maximum atomic E-state index is 11.4. The Labute approximate surface area is 78.9 Å². The van der Waals surface area contributed by atoms with E-state index >= 15 is 0 Å². The van der Waals surface area contributed by atoms with Gasteiger partial charge in [0.1, 0.15) is 6.04 Å². The summed E-state index contributed by atoms with van der Waals surface area (Å²) in [4.78, 5) is 13.5. The van der Waals surface area contributed by atoms with Crippen LogP contribution in [0.4, 0.5) is 0 Å². The van der Waals surface area contributed by atoms with Crippen molar-refractivity contribution in [2.24, 2.45) is 0 Å². The van der Waals surface area contributed by atoms with Crippen molar-refractivity contribution < 1.29 is 9.90 Å². The molecule has 0 spiro atoms. The van der Waals surface area contributed by atoms with Crippen LogP contribution in [0.3, 0.4) is 0 Å². The van der Waals surface area contributed by atoms with Crippen molar-refractivity contribution in [3.63, 3.8) is 0 Å². The van der Waals surface area contributed by atoms with Gasteiger partial charge in [0.05, 0.1) is 6.61 Å². The van der Waals surface area contributed by atoms with Crippen molar-refractivity contribution in [3.05, 3.63) is 0 Å². The molecule has 1 rings (SSSR count). The second-order valence-corrected chi connectivity index (χ2v) is 3.90. The van der Waals surface area contributed by atoms with Gasteiger partial charge in [0.15, 0.2) is 0 Å². The van der Waals surface area contributed by atoms with Gasteiger partial charge in [0, 0.05) is 18.6 Å². The Morgan fingerprint density at radius 2 is 2.31 bits per heavy atom. The largest absolute Gasteiger partial charge is 0.394 e. The molecule has 2 atom stereocenters. The van der Waals surface area contributed by atoms with E-state index in [0.29, 0.717) is 6.04 Å². The molecule has 1 saturated heterocycles. The van der Waals surface area contributed by atoms with E-state index in [9.17, 15) is 4.79 Å². The summed E-state index contributed by atoms with van der Waals surface area (Å²) in [5, 5.41) is 11.9. The molecule has 1 fully saturated rings. The van der Waals surface area contributed by atoms with E-state index in [1.165, 1.54) is 0 Å². The minimum Gasteiger partial charge on any atom is -0.394 e. The lowest BCUT2D eigenvalue weighted by molar-refractivity contribution is -0.133. The first-order valence-corrected chi connectivity index (χ1v) is 4.73. The average Bonchev–Trinajstić information content (AvgIpc) is 2.02. The Morgan fingerprint density at radius 3 is 2.77 bits per heavy atom. The smallest absolute Gasteiger partial charge is 0.240 e. The summed E-state index contributed by atoms with van der Waals surface area (Å²) in [5.74, 6) is -0.0602. The number of amides is 1. The molecule has 0 aliphatic carbocycles. The van der Waals surface area contributed by atoms with E-state index in [0.717, 1.165) is 6.54 Å². The van der Waals surface area contributed by atoms with E-state index in [4.69, 9.17) is 5.11 Å². The van der Waals surface area contributed by atoms with Crippen LogP contribution in [-0.4, -0.2) is 47.2 Å². The second-order valence-electron chi connectivity index (χ2n) is 3.90. The number of hydrogen-bond acceptors (Lipinski definition) is 3. The van der Waals surface area contributed by atoms with Gasteiger partial charge >= 0.3 is 0 Å². The number of aliphatic hydroxyl groups is 1. The molecule has 0 radical (unpaired) electrons. The van der Waals surface area contributed by atoms with E-state index in [-0.39, 0.29) is 24.6 Å². The summed E-state index contributed by atoms with van der Waals surface area (Å²) in [7, 11) is 0. The third-order valence-corrected chi connectivity index (χ3v) is 2.41. The fraction of sp³-hybridized carbons (Fsp3) is 0.889. The minimum atomic E-state index is -0.365. The van der Waals surface area contributed by atoms with Crippen molar-refractivity contribution in [1.82, 2.24) is 10.2 Å². The Kier molecular flexibility index (Phi) is 3.27. The minimum absolute atomic E-state index is 0.0602. The highest BCUT2D eigenvalue weighted by molar-refractivity contribution is 5.83. The van der Waals surface area contributed by atoms with Gasteiger partial charge in [0.2, 0.25) is 5.91 Å². The van der Waals surface area contributed by atoms with Gasteiger partial charge in [0.25, 0.3) is 0 Å². The van der Waals surface area contributed by atoms with E-state index in [2.05, 4.69) is 5.32 Å². The maximum absolute atomic E-state index is 11.4. The third kappa shape index (κ3) is 2.19. The third-order valence-electron chi connectivity index (χ3n) is 2.41. The number of nitrogens with zero attached hydrogens (tertiary/aromatic N) is 1. The first kappa shape index (κ1) is 10.5. The highest BCUT2D eigenvalue weighted by Crippen LogP contribution is 2.11. The predicted octanol–water partition coefficient (Wildman–Crippen LogP) is -0.424. The molecule has 1 aliphatic rings. The average molecular weight is 186 g/mol. The fourth-order valence-corrected chi connectivity index (χ4v) is 1.74. The molecule has 0 aromatic carbocycles. The molecule has 4 heteroatoms. The fourth-order valence-electron chi connectivity index (χ4n) is 1.74. The summed E-state index contributed by atoms with van der Waals surface area (Å²) < 4.78 is 0. The molecule has 0 aromatic heterocycles. The zero-order chi connectivity index (χ0) is 10.0. The topological polar surface area (TPSA) is 52.6 Å². The highest BCUT2D eigenvalue weighted by atomic mass is 16.3. The molecule has 0 aromatic rings. The van der Waals surface area contributed by atoms with E-state index in [1.54, 1.807) is 0 Å². The molecule has 2 N–H and O–H groups in total. The van der Waals surface area contributed by atoms with Crippen molar-refractivity contribution in [2.45, 2.75) is 38.9 Å². The zero-order valence-corrected chi connectivity index (χ0v) is 8.45. The number of aliphatic hydroxyl groups excluding tert-OH is 1. The first-order chi connectivity index (χ1) is 6.06. The van der Waals surface area contributed by atoms with Gasteiger partial charge in [-0.15, -0.1) is 0 Å². The van der Waals surface area contributed by atoms with Crippen LogP contribution in [-0.2, 0) is 4.79 Å². The molecule has 2 unspecified atom stereocenters. The SMILES string of the molecule is CC1CN(C(C)C)C(CO)C(=O)N1. The Hall–Kier alpha value is -0.610. The summed E-state index contributed by atoms with van der Waals surface area (Å²) >= 11 is 0. The molecule has 13 heavy (non-hydrogen) atoms. The van der Waals surface area contributed by atoms with Crippen LogP contribution in [0.15, 0.2) is 0 Å². The van der Waals surface area contributed by atoms with Crippen molar-refractivity contribution >= 4 is 5.91 Å². The van der Waals surface area contributed by atoms with Crippen LogP contribution in [0.25, 0.3) is 0 Å². The van der Waals surface area contributed by atoms with E-state index in [1.807, 2.05) is 25.7 Å². The number of piperazine rings is 1. The van der Waals surface area contributed by atoms with Gasteiger partial charge in [-0.1, -0.05) is 0 Å². The summed E-state index contributed by atoms with van der Waals surface area (Å²) in [6.07, 6.45) is 0. The number of hydrogen-bond donors (Lipinski definition) is 2. The molecule has 0 saturated carbocycles. The number of carbonyl (C=O) groups excluding carboxylic acids is 1. The summed E-state index contributed by atoms with van der Waals surface area (Å²) in [6.45, 7) is 6.76. The van der Waals surface area contributed by atoms with Gasteiger partial charge < -0.3 is 10.4 Å². The van der Waals surface area contributed by atoms with Crippen molar-refractivity contribution in [3.8, 4) is 0 Å². The number of rotatable bonds is 2. The molecule has 0 bridgehead atoms. The van der Waals surface area contributed by atoms with Crippen LogP contribution in [0.2, 0.25) is 0 Å². The van der Waals surface area contributed by atoms with Gasteiger partial charge in [-0.3, -0.25) is 9.69 Å². The maximum Gasteiger partial charge on any atom is 0.240 e. The second kappa shape index (κ2) is 4.07. The summed E-state index contributed by atoms with van der Waals surface area (Å²) in [5.41, 5.74) is 0. The van der Waals surface area contributed by atoms with Gasteiger partial charge in [-0.05, 0) is 20.8 Å². The molecular weight excluding hydrogens is 168 g/mol.